The minimum Gasteiger partial charge on any atom is -0.316 e. The van der Waals surface area contributed by atoms with Crippen LogP contribution in [0.25, 0.3) is 6.08 Å². The Hall–Kier alpha value is -0.670. The lowest BCUT2D eigenvalue weighted by Gasteiger charge is -2.03. The molecule has 1 rings (SSSR count). The van der Waals surface area contributed by atoms with Gasteiger partial charge in [-0.05, 0) is 41.0 Å². The Balaban J connectivity index is 2.83. The first-order chi connectivity index (χ1) is 6.76. The quantitative estimate of drug-likeness (QED) is 0.894. The molecule has 0 fully saturated rings. The zero-order chi connectivity index (χ0) is 10.4. The third kappa shape index (κ3) is 3.60. The van der Waals surface area contributed by atoms with E-state index in [2.05, 4.69) is 45.3 Å². The molecule has 1 N–H and O–H groups in total. The zero-order valence-electron chi connectivity index (χ0n) is 8.55. The van der Waals surface area contributed by atoms with Gasteiger partial charge in [0.2, 0.25) is 0 Å². The molecular weight excluding hydrogens is 240 g/mol. The molecule has 0 aliphatic heterocycles. The van der Waals surface area contributed by atoms with Gasteiger partial charge in [-0.2, -0.15) is 0 Å². The largest absolute Gasteiger partial charge is 0.316 e. The van der Waals surface area contributed by atoms with Crippen LogP contribution in [0.4, 0.5) is 0 Å². The van der Waals surface area contributed by atoms with Gasteiger partial charge >= 0.3 is 0 Å². The molecule has 0 radical (unpaired) electrons. The van der Waals surface area contributed by atoms with E-state index in [1.54, 1.807) is 6.20 Å². The van der Waals surface area contributed by atoms with E-state index < -0.39 is 0 Å². The van der Waals surface area contributed by atoms with Crippen molar-refractivity contribution in [1.29, 1.82) is 0 Å². The van der Waals surface area contributed by atoms with Crippen LogP contribution in [0.3, 0.4) is 0 Å². The first-order valence-electron chi connectivity index (χ1n) is 4.71. The molecule has 0 atom stereocenters. The summed E-state index contributed by atoms with van der Waals surface area (Å²) < 4.78 is 1.02. The maximum Gasteiger partial charge on any atom is 0.0410 e. The van der Waals surface area contributed by atoms with E-state index in [9.17, 15) is 0 Å². The van der Waals surface area contributed by atoms with Crippen molar-refractivity contribution in [2.45, 2.75) is 13.3 Å². The topological polar surface area (TPSA) is 24.9 Å². The maximum atomic E-state index is 4.12. The van der Waals surface area contributed by atoms with Crippen molar-refractivity contribution in [2.24, 2.45) is 0 Å². The van der Waals surface area contributed by atoms with E-state index in [0.29, 0.717) is 0 Å². The highest BCUT2D eigenvalue weighted by molar-refractivity contribution is 9.10. The summed E-state index contributed by atoms with van der Waals surface area (Å²) in [5.41, 5.74) is 2.53. The maximum absolute atomic E-state index is 4.12. The Morgan fingerprint density at radius 3 is 2.93 bits per heavy atom. The first-order valence-corrected chi connectivity index (χ1v) is 5.50. The number of halogens is 1. The third-order valence-corrected chi connectivity index (χ3v) is 2.39. The smallest absolute Gasteiger partial charge is 0.0410 e. The monoisotopic (exact) mass is 254 g/mol. The minimum absolute atomic E-state index is 0.934. The molecule has 0 saturated heterocycles. The highest BCUT2D eigenvalue weighted by Gasteiger charge is 1.95. The van der Waals surface area contributed by atoms with E-state index >= 15 is 0 Å². The van der Waals surface area contributed by atoms with Crippen LogP contribution in [-0.2, 0) is 0 Å². The molecule has 1 aromatic heterocycles. The standard InChI is InChI=1S/C11H15BrN2/c1-3-9(6-13-2)4-10-5-11(12)8-14-7-10/h4-5,7-8,13H,3,6H2,1-2H3/b9-4-. The summed E-state index contributed by atoms with van der Waals surface area (Å²) in [6.45, 7) is 3.09. The summed E-state index contributed by atoms with van der Waals surface area (Å²) in [7, 11) is 1.96. The van der Waals surface area contributed by atoms with Crippen LogP contribution in [-0.4, -0.2) is 18.6 Å². The van der Waals surface area contributed by atoms with Crippen molar-refractivity contribution in [1.82, 2.24) is 10.3 Å². The normalized spacial score (nSPS) is 11.8. The average Bonchev–Trinajstić information content (AvgIpc) is 2.17. The van der Waals surface area contributed by atoms with Crippen molar-refractivity contribution in [3.8, 4) is 0 Å². The number of nitrogens with one attached hydrogen (secondary N) is 1. The Morgan fingerprint density at radius 1 is 1.57 bits per heavy atom. The Labute approximate surface area is 93.6 Å². The highest BCUT2D eigenvalue weighted by atomic mass is 79.9. The van der Waals surface area contributed by atoms with Crippen LogP contribution in [0.1, 0.15) is 18.9 Å². The molecule has 0 aliphatic rings. The van der Waals surface area contributed by atoms with Crippen molar-refractivity contribution in [2.75, 3.05) is 13.6 Å². The summed E-state index contributed by atoms with van der Waals surface area (Å²) >= 11 is 3.41. The second-order valence-electron chi connectivity index (χ2n) is 3.12. The molecule has 0 bridgehead atoms. The van der Waals surface area contributed by atoms with E-state index in [1.165, 1.54) is 5.57 Å². The summed E-state index contributed by atoms with van der Waals surface area (Å²) in [5.74, 6) is 0. The van der Waals surface area contributed by atoms with Crippen LogP contribution in [0.15, 0.2) is 28.5 Å². The van der Waals surface area contributed by atoms with Crippen molar-refractivity contribution >= 4 is 22.0 Å². The molecule has 0 unspecified atom stereocenters. The molecule has 0 saturated carbocycles. The second kappa shape index (κ2) is 5.94. The Bertz CT molecular complexity index is 321. The number of hydrogen-bond donors (Lipinski definition) is 1. The highest BCUT2D eigenvalue weighted by Crippen LogP contribution is 2.13. The van der Waals surface area contributed by atoms with Gasteiger partial charge in [0.25, 0.3) is 0 Å². The predicted octanol–water partition coefficient (Wildman–Crippen LogP) is 2.86. The molecule has 0 aliphatic carbocycles. The fraction of sp³-hybridized carbons (Fsp3) is 0.364. The van der Waals surface area contributed by atoms with Crippen molar-refractivity contribution in [3.05, 3.63) is 34.1 Å². The molecule has 76 valence electrons. The van der Waals surface area contributed by atoms with Crippen LogP contribution < -0.4 is 5.32 Å². The SMILES string of the molecule is CC/C(=C/c1cncc(Br)c1)CNC. The lowest BCUT2D eigenvalue weighted by atomic mass is 10.1. The predicted molar refractivity (Wildman–Crippen MR) is 64.1 cm³/mol. The van der Waals surface area contributed by atoms with Gasteiger partial charge in [0, 0.05) is 23.4 Å². The average molecular weight is 255 g/mol. The molecule has 14 heavy (non-hydrogen) atoms. The number of hydrogen-bond acceptors (Lipinski definition) is 2. The summed E-state index contributed by atoms with van der Waals surface area (Å²) in [6, 6.07) is 2.07. The first kappa shape index (κ1) is 11.4. The summed E-state index contributed by atoms with van der Waals surface area (Å²) in [4.78, 5) is 4.12. The van der Waals surface area contributed by atoms with Crippen LogP contribution >= 0.6 is 15.9 Å². The Kier molecular flexibility index (Phi) is 4.84. The molecule has 0 aromatic carbocycles. The Morgan fingerprint density at radius 2 is 2.36 bits per heavy atom. The number of likely N-dealkylation sites (N-methyl/N-ethyl adjacent to an activating group) is 1. The van der Waals surface area contributed by atoms with Gasteiger partial charge in [0.1, 0.15) is 0 Å². The molecular formula is C11H15BrN2. The third-order valence-electron chi connectivity index (χ3n) is 1.95. The number of nitrogens with zero attached hydrogens (tertiary/aromatic N) is 1. The summed E-state index contributed by atoms with van der Waals surface area (Å²) in [5, 5.41) is 3.15. The molecule has 0 spiro atoms. The van der Waals surface area contributed by atoms with Crippen LogP contribution in [0.2, 0.25) is 0 Å². The van der Waals surface area contributed by atoms with Gasteiger partial charge in [-0.3, -0.25) is 4.98 Å². The lowest BCUT2D eigenvalue weighted by Crippen LogP contribution is -2.09. The molecule has 3 heteroatoms. The van der Waals surface area contributed by atoms with Gasteiger partial charge in [0.05, 0.1) is 0 Å². The van der Waals surface area contributed by atoms with E-state index in [4.69, 9.17) is 0 Å². The van der Waals surface area contributed by atoms with Gasteiger partial charge in [0.15, 0.2) is 0 Å². The number of aromatic nitrogens is 1. The van der Waals surface area contributed by atoms with Crippen LogP contribution in [0, 0.1) is 0 Å². The van der Waals surface area contributed by atoms with Gasteiger partial charge < -0.3 is 5.32 Å². The molecule has 1 aromatic rings. The van der Waals surface area contributed by atoms with Crippen molar-refractivity contribution < 1.29 is 0 Å². The minimum atomic E-state index is 0.934. The second-order valence-corrected chi connectivity index (χ2v) is 4.04. The molecule has 2 nitrogen and oxygen atoms in total. The molecule has 0 amide bonds. The van der Waals surface area contributed by atoms with E-state index in [0.717, 1.165) is 23.0 Å². The van der Waals surface area contributed by atoms with Gasteiger partial charge in [-0.25, -0.2) is 0 Å². The van der Waals surface area contributed by atoms with Gasteiger partial charge in [-0.15, -0.1) is 0 Å². The number of rotatable bonds is 4. The van der Waals surface area contributed by atoms with Gasteiger partial charge in [-0.1, -0.05) is 18.6 Å². The lowest BCUT2D eigenvalue weighted by molar-refractivity contribution is 0.851. The van der Waals surface area contributed by atoms with Crippen molar-refractivity contribution in [3.63, 3.8) is 0 Å². The van der Waals surface area contributed by atoms with E-state index in [-0.39, 0.29) is 0 Å². The zero-order valence-corrected chi connectivity index (χ0v) is 10.1. The van der Waals surface area contributed by atoms with Crippen LogP contribution in [0.5, 0.6) is 0 Å². The molecule has 1 heterocycles. The summed E-state index contributed by atoms with van der Waals surface area (Å²) in [6.07, 6.45) is 6.90. The number of pyridine rings is 1. The fourth-order valence-electron chi connectivity index (χ4n) is 1.25. The van der Waals surface area contributed by atoms with E-state index in [1.807, 2.05) is 13.2 Å². The fourth-order valence-corrected chi connectivity index (χ4v) is 1.63.